The minimum Gasteiger partial charge on any atom is -0.308 e. The molecule has 92 valence electrons. The van der Waals surface area contributed by atoms with Crippen molar-refractivity contribution in [2.75, 3.05) is 0 Å². The largest absolute Gasteiger partial charge is 0.333 e. The van der Waals surface area contributed by atoms with Gasteiger partial charge in [0.15, 0.2) is 0 Å². The maximum atomic E-state index is 12.6. The van der Waals surface area contributed by atoms with Crippen LogP contribution in [-0.2, 0) is 7.05 Å². The second kappa shape index (κ2) is 3.41. The van der Waals surface area contributed by atoms with E-state index in [1.54, 1.807) is 21.2 Å². The summed E-state index contributed by atoms with van der Waals surface area (Å²) in [5.74, 6) is 0.634. The van der Waals surface area contributed by atoms with Crippen LogP contribution in [0.25, 0.3) is 22.3 Å². The summed E-state index contributed by atoms with van der Waals surface area (Å²) in [7, 11) is 1.92. The number of pyridine rings is 1. The lowest BCUT2D eigenvalue weighted by molar-refractivity contribution is -0.579. The standard InChI is InChI=1S/C14H11N4O/c1-16-10-6-2-3-7-11(10)18-13(19)12-8-4-5-9-17(12)15-14(16)18/h2-9H,1H3/q+1. The molecule has 5 heteroatoms. The van der Waals surface area contributed by atoms with E-state index in [-0.39, 0.29) is 5.56 Å². The SMILES string of the molecule is Cn1c2ccccc2n2c(=O)c3cccc[n+]3nc12. The van der Waals surface area contributed by atoms with E-state index in [0.29, 0.717) is 11.3 Å². The lowest BCUT2D eigenvalue weighted by atomic mass is 10.3. The number of fused-ring (bicyclic) bond motifs is 4. The van der Waals surface area contributed by atoms with Crippen molar-refractivity contribution in [1.29, 1.82) is 0 Å². The molecule has 0 aliphatic rings. The van der Waals surface area contributed by atoms with E-state index in [9.17, 15) is 4.79 Å². The summed E-state index contributed by atoms with van der Waals surface area (Å²) in [5, 5.41) is 4.52. The number of imidazole rings is 1. The summed E-state index contributed by atoms with van der Waals surface area (Å²) in [6, 6.07) is 13.3. The third kappa shape index (κ3) is 1.21. The van der Waals surface area contributed by atoms with Gasteiger partial charge in [-0.1, -0.05) is 12.1 Å². The quantitative estimate of drug-likeness (QED) is 0.436. The maximum Gasteiger partial charge on any atom is 0.333 e. The number of hydrogen-bond donors (Lipinski definition) is 0. The molecule has 0 amide bonds. The smallest absolute Gasteiger partial charge is 0.308 e. The molecule has 5 nitrogen and oxygen atoms in total. The van der Waals surface area contributed by atoms with Crippen LogP contribution in [-0.4, -0.2) is 14.1 Å². The van der Waals surface area contributed by atoms with Crippen LogP contribution in [0.3, 0.4) is 0 Å². The van der Waals surface area contributed by atoms with Gasteiger partial charge >= 0.3 is 11.1 Å². The fourth-order valence-corrected chi connectivity index (χ4v) is 2.52. The highest BCUT2D eigenvalue weighted by Crippen LogP contribution is 2.15. The molecule has 0 N–H and O–H groups in total. The number of nitrogens with zero attached hydrogens (tertiary/aromatic N) is 4. The summed E-state index contributed by atoms with van der Waals surface area (Å²) in [6.07, 6.45) is 1.79. The molecular formula is C14H11N4O+. The predicted molar refractivity (Wildman–Crippen MR) is 71.1 cm³/mol. The Labute approximate surface area is 108 Å². The number of para-hydroxylation sites is 2. The van der Waals surface area contributed by atoms with Crippen LogP contribution in [0, 0.1) is 0 Å². The van der Waals surface area contributed by atoms with Gasteiger partial charge in [-0.25, -0.2) is 4.40 Å². The number of aryl methyl sites for hydroxylation is 1. The molecule has 0 bridgehead atoms. The van der Waals surface area contributed by atoms with Crippen LogP contribution >= 0.6 is 0 Å². The molecule has 0 aliphatic carbocycles. The monoisotopic (exact) mass is 251 g/mol. The van der Waals surface area contributed by atoms with E-state index in [4.69, 9.17) is 0 Å². The van der Waals surface area contributed by atoms with E-state index in [1.807, 2.05) is 48.0 Å². The Morgan fingerprint density at radius 1 is 1.05 bits per heavy atom. The minimum absolute atomic E-state index is 0.0533. The first-order valence-corrected chi connectivity index (χ1v) is 6.04. The first kappa shape index (κ1) is 10.3. The van der Waals surface area contributed by atoms with E-state index < -0.39 is 0 Å². The van der Waals surface area contributed by atoms with Gasteiger partial charge in [-0.3, -0.25) is 4.79 Å². The van der Waals surface area contributed by atoms with Crippen LogP contribution in [0.1, 0.15) is 0 Å². The van der Waals surface area contributed by atoms with Gasteiger partial charge in [-0.05, 0) is 22.7 Å². The molecule has 19 heavy (non-hydrogen) atoms. The predicted octanol–water partition coefficient (Wildman–Crippen LogP) is 0.925. The molecule has 1 aromatic carbocycles. The highest BCUT2D eigenvalue weighted by molar-refractivity contribution is 5.80. The molecule has 0 spiro atoms. The van der Waals surface area contributed by atoms with E-state index in [2.05, 4.69) is 5.10 Å². The molecule has 3 aromatic heterocycles. The van der Waals surface area contributed by atoms with Gasteiger partial charge < -0.3 is 4.57 Å². The fourth-order valence-electron chi connectivity index (χ4n) is 2.52. The summed E-state index contributed by atoms with van der Waals surface area (Å²) >= 11 is 0. The van der Waals surface area contributed by atoms with Crippen LogP contribution < -0.4 is 10.1 Å². The molecule has 4 rings (SSSR count). The van der Waals surface area contributed by atoms with Gasteiger partial charge in [0.25, 0.3) is 5.78 Å². The van der Waals surface area contributed by atoms with E-state index in [1.165, 1.54) is 0 Å². The Bertz CT molecular complexity index is 997. The molecular weight excluding hydrogens is 240 g/mol. The maximum absolute atomic E-state index is 12.6. The van der Waals surface area contributed by atoms with Crippen molar-refractivity contribution in [3.63, 3.8) is 0 Å². The molecule has 0 saturated carbocycles. The topological polar surface area (TPSA) is 43.4 Å². The first-order valence-electron chi connectivity index (χ1n) is 6.04. The Balaban J connectivity index is 2.42. The molecule has 3 heterocycles. The average Bonchev–Trinajstić information content (AvgIpc) is 2.74. The van der Waals surface area contributed by atoms with Gasteiger partial charge in [-0.15, -0.1) is 0 Å². The number of aromatic nitrogens is 4. The lowest BCUT2D eigenvalue weighted by Gasteiger charge is -1.93. The van der Waals surface area contributed by atoms with Gasteiger partial charge in [0, 0.05) is 24.3 Å². The Morgan fingerprint density at radius 3 is 2.63 bits per heavy atom. The van der Waals surface area contributed by atoms with Crippen molar-refractivity contribution < 1.29 is 4.52 Å². The van der Waals surface area contributed by atoms with Crippen LogP contribution in [0.15, 0.2) is 53.5 Å². The average molecular weight is 251 g/mol. The van der Waals surface area contributed by atoms with Crippen LogP contribution in [0.2, 0.25) is 0 Å². The van der Waals surface area contributed by atoms with Crippen LogP contribution in [0.5, 0.6) is 0 Å². The second-order valence-electron chi connectivity index (χ2n) is 4.52. The summed E-state index contributed by atoms with van der Waals surface area (Å²) in [5.41, 5.74) is 2.38. The highest BCUT2D eigenvalue weighted by atomic mass is 16.1. The zero-order valence-corrected chi connectivity index (χ0v) is 10.3. The second-order valence-corrected chi connectivity index (χ2v) is 4.52. The third-order valence-electron chi connectivity index (χ3n) is 3.44. The highest BCUT2D eigenvalue weighted by Gasteiger charge is 2.18. The fraction of sp³-hybridized carbons (Fsp3) is 0.0714. The summed E-state index contributed by atoms with van der Waals surface area (Å²) < 4.78 is 5.21. The molecule has 0 unspecified atom stereocenters. The molecule has 0 atom stereocenters. The molecule has 0 fully saturated rings. The number of benzene rings is 1. The van der Waals surface area contributed by atoms with Gasteiger partial charge in [0.2, 0.25) is 6.20 Å². The first-order chi connectivity index (χ1) is 9.27. The Hall–Kier alpha value is -2.69. The van der Waals surface area contributed by atoms with Crippen LogP contribution in [0.4, 0.5) is 0 Å². The van der Waals surface area contributed by atoms with Gasteiger partial charge in [-0.2, -0.15) is 0 Å². The zero-order chi connectivity index (χ0) is 13.0. The summed E-state index contributed by atoms with van der Waals surface area (Å²) in [4.78, 5) is 12.6. The van der Waals surface area contributed by atoms with Crippen molar-refractivity contribution in [3.05, 3.63) is 59.0 Å². The van der Waals surface area contributed by atoms with Crippen molar-refractivity contribution in [1.82, 2.24) is 14.1 Å². The van der Waals surface area contributed by atoms with Crippen molar-refractivity contribution in [2.24, 2.45) is 7.05 Å². The van der Waals surface area contributed by atoms with Crippen molar-refractivity contribution in [3.8, 4) is 0 Å². The molecule has 0 radical (unpaired) electrons. The lowest BCUT2D eigenvalue weighted by Crippen LogP contribution is -2.35. The minimum atomic E-state index is -0.0533. The molecule has 4 aromatic rings. The number of rotatable bonds is 0. The normalized spacial score (nSPS) is 11.6. The van der Waals surface area contributed by atoms with E-state index in [0.717, 1.165) is 11.0 Å². The summed E-state index contributed by atoms with van der Waals surface area (Å²) in [6.45, 7) is 0. The van der Waals surface area contributed by atoms with Gasteiger partial charge in [0.05, 0.1) is 11.0 Å². The Morgan fingerprint density at radius 2 is 1.79 bits per heavy atom. The number of hydrogen-bond acceptors (Lipinski definition) is 2. The van der Waals surface area contributed by atoms with Crippen molar-refractivity contribution in [2.45, 2.75) is 0 Å². The van der Waals surface area contributed by atoms with Crippen molar-refractivity contribution >= 4 is 22.3 Å². The Kier molecular flexibility index (Phi) is 1.84. The zero-order valence-electron chi connectivity index (χ0n) is 10.3. The molecule has 0 aliphatic heterocycles. The van der Waals surface area contributed by atoms with E-state index >= 15 is 0 Å². The molecule has 0 saturated heterocycles. The third-order valence-corrected chi connectivity index (χ3v) is 3.44. The van der Waals surface area contributed by atoms with Gasteiger partial charge in [0.1, 0.15) is 0 Å².